The fraction of sp³-hybridized carbons (Fsp3) is 0.417. The van der Waals surface area contributed by atoms with Gasteiger partial charge >= 0.3 is 6.18 Å². The van der Waals surface area contributed by atoms with Crippen LogP contribution in [-0.4, -0.2) is 56.3 Å². The van der Waals surface area contributed by atoms with E-state index in [0.717, 1.165) is 6.07 Å². The molecule has 1 amide bonds. The lowest BCUT2D eigenvalue weighted by molar-refractivity contribution is -0.138. The number of carbonyl (C=O) groups is 1. The molecule has 1 aromatic carbocycles. The Morgan fingerprint density at radius 1 is 1.17 bits per heavy atom. The van der Waals surface area contributed by atoms with Crippen LogP contribution in [0.15, 0.2) is 24.3 Å². The molecule has 4 rings (SSSR count). The van der Waals surface area contributed by atoms with Crippen LogP contribution < -0.4 is 10.8 Å². The molecule has 3 heterocycles. The molecule has 0 spiro atoms. The summed E-state index contributed by atoms with van der Waals surface area (Å²) in [6.07, 6.45) is -4.01. The monoisotopic (exact) mass is 521 g/mol. The smallest absolute Gasteiger partial charge is 0.416 e. The largest absolute Gasteiger partial charge is 0.492 e. The zero-order valence-electron chi connectivity index (χ0n) is 20.3. The second kappa shape index (κ2) is 9.35. The summed E-state index contributed by atoms with van der Waals surface area (Å²) in [5, 5.41) is 14.2. The molecule has 8 nitrogen and oxygen atoms in total. The van der Waals surface area contributed by atoms with Gasteiger partial charge in [-0.05, 0) is 44.0 Å². The summed E-state index contributed by atoms with van der Waals surface area (Å²) in [7, 11) is -3.00. The molecule has 36 heavy (non-hydrogen) atoms. The summed E-state index contributed by atoms with van der Waals surface area (Å²) in [5.41, 5.74) is 0.199. The lowest BCUT2D eigenvalue weighted by Gasteiger charge is -2.31. The molecule has 2 aromatic heterocycles. The normalized spacial score (nSPS) is 16.7. The van der Waals surface area contributed by atoms with Gasteiger partial charge < -0.3 is 19.9 Å². The van der Waals surface area contributed by atoms with E-state index in [1.165, 1.54) is 19.9 Å². The molecule has 3 aromatic rings. The number of carbonyl (C=O) groups excluding carboxylic acids is 1. The third kappa shape index (κ3) is 4.89. The van der Waals surface area contributed by atoms with Gasteiger partial charge in [0, 0.05) is 32.3 Å². The highest BCUT2D eigenvalue weighted by Gasteiger charge is 2.35. The number of benzene rings is 1. The van der Waals surface area contributed by atoms with Gasteiger partial charge in [-0.25, -0.2) is 15.0 Å². The van der Waals surface area contributed by atoms with Crippen molar-refractivity contribution < 1.29 is 27.6 Å². The third-order valence-electron chi connectivity index (χ3n) is 6.59. The van der Waals surface area contributed by atoms with Gasteiger partial charge in [0.25, 0.3) is 0 Å². The topological polar surface area (TPSA) is 108 Å². The quantitative estimate of drug-likeness (QED) is 0.491. The summed E-state index contributed by atoms with van der Waals surface area (Å²) in [6, 6.07) is 5.02. The molecule has 2 N–H and O–H groups in total. The minimum Gasteiger partial charge on any atom is -0.492 e. The molecule has 1 saturated heterocycles. The van der Waals surface area contributed by atoms with E-state index in [1.54, 1.807) is 30.9 Å². The molecule has 1 aliphatic heterocycles. The molecule has 1 aliphatic rings. The number of hydrogen-bond acceptors (Lipinski definition) is 7. The van der Waals surface area contributed by atoms with Crippen molar-refractivity contribution in [2.75, 3.05) is 30.7 Å². The van der Waals surface area contributed by atoms with E-state index >= 15 is 0 Å². The highest BCUT2D eigenvalue weighted by atomic mass is 31.2. The number of halogens is 3. The lowest BCUT2D eigenvalue weighted by Crippen LogP contribution is -2.40. The Bertz CT molecular complexity index is 1380. The van der Waals surface area contributed by atoms with Gasteiger partial charge in [0.05, 0.1) is 17.0 Å². The number of amides is 1. The zero-order valence-corrected chi connectivity index (χ0v) is 21.2. The van der Waals surface area contributed by atoms with Crippen molar-refractivity contribution in [3.05, 3.63) is 46.8 Å². The van der Waals surface area contributed by atoms with Crippen LogP contribution in [0.4, 0.5) is 19.0 Å². The van der Waals surface area contributed by atoms with E-state index in [2.05, 4.69) is 20.3 Å². The van der Waals surface area contributed by atoms with Crippen molar-refractivity contribution in [1.29, 1.82) is 0 Å². The summed E-state index contributed by atoms with van der Waals surface area (Å²) in [5.74, 6) is 0.118. The third-order valence-corrected chi connectivity index (χ3v) is 9.50. The van der Waals surface area contributed by atoms with Gasteiger partial charge in [-0.15, -0.1) is 0 Å². The van der Waals surface area contributed by atoms with E-state index in [0.29, 0.717) is 29.9 Å². The second-order valence-electron chi connectivity index (χ2n) is 9.05. The average molecular weight is 521 g/mol. The first-order valence-electron chi connectivity index (χ1n) is 11.5. The first-order valence-corrected chi connectivity index (χ1v) is 13.5. The summed E-state index contributed by atoms with van der Waals surface area (Å²) >= 11 is 0. The first kappa shape index (κ1) is 25.9. The maximum atomic E-state index is 13.7. The van der Waals surface area contributed by atoms with Gasteiger partial charge in [0.1, 0.15) is 29.7 Å². The fourth-order valence-electron chi connectivity index (χ4n) is 4.57. The van der Waals surface area contributed by atoms with E-state index < -0.39 is 30.8 Å². The molecule has 0 saturated carbocycles. The summed E-state index contributed by atoms with van der Waals surface area (Å²) in [4.78, 5) is 26.2. The second-order valence-corrected chi connectivity index (χ2v) is 12.2. The molecule has 0 aliphatic carbocycles. The Labute approximate surface area is 206 Å². The molecule has 192 valence electrons. The maximum Gasteiger partial charge on any atom is 0.416 e. The van der Waals surface area contributed by atoms with Crippen LogP contribution in [-0.2, 0) is 15.5 Å². The van der Waals surface area contributed by atoms with E-state index in [-0.39, 0.29) is 40.6 Å². The van der Waals surface area contributed by atoms with Gasteiger partial charge in [-0.3, -0.25) is 4.79 Å². The number of rotatable bonds is 4. The SMILES string of the molecule is CC(=O)N1CCP(=O)(c2cc3c(N[C@H](C)c4cccc(C(F)(F)F)c4C)nc(C)nc3c(O)n2)CC1. The molecule has 0 unspecified atom stereocenters. The zero-order chi connectivity index (χ0) is 26.4. The van der Waals surface area contributed by atoms with Crippen molar-refractivity contribution in [2.24, 2.45) is 0 Å². The van der Waals surface area contributed by atoms with E-state index in [1.807, 2.05) is 0 Å². The number of anilines is 1. The van der Waals surface area contributed by atoms with E-state index in [9.17, 15) is 27.6 Å². The van der Waals surface area contributed by atoms with Crippen molar-refractivity contribution in [1.82, 2.24) is 19.9 Å². The molecule has 12 heteroatoms. The Kier molecular flexibility index (Phi) is 6.72. The Hall–Kier alpha value is -3.20. The van der Waals surface area contributed by atoms with E-state index in [4.69, 9.17) is 0 Å². The lowest BCUT2D eigenvalue weighted by atomic mass is 9.97. The number of hydrogen-bond donors (Lipinski definition) is 2. The number of alkyl halides is 3. The van der Waals surface area contributed by atoms with Crippen LogP contribution in [0.25, 0.3) is 10.9 Å². The number of nitrogens with one attached hydrogen (secondary N) is 1. The number of nitrogens with zero attached hydrogens (tertiary/aromatic N) is 4. The molecule has 0 bridgehead atoms. The molecule has 0 radical (unpaired) electrons. The van der Waals surface area contributed by atoms with Crippen LogP contribution in [0.5, 0.6) is 5.88 Å². The standard InChI is InChI=1S/C24H27F3N5O3P/c1-13-17(6-5-7-19(13)24(25,26)27)14(2)28-22-18-12-20(31-23(34)21(18)29-15(3)30-22)36(35)10-8-32(9-11-36)16(4)33/h5-7,12,14H,8-11H2,1-4H3,(H,31,34)(H,28,29,30)/t14-/m1/s1. The molecule has 1 atom stereocenters. The van der Waals surface area contributed by atoms with Crippen molar-refractivity contribution in [3.63, 3.8) is 0 Å². The Morgan fingerprint density at radius 3 is 2.44 bits per heavy atom. The Balaban J connectivity index is 1.74. The Morgan fingerprint density at radius 2 is 1.83 bits per heavy atom. The number of aromatic nitrogens is 3. The minimum atomic E-state index is -4.48. The number of aryl methyl sites for hydroxylation is 1. The van der Waals surface area contributed by atoms with Crippen LogP contribution in [0, 0.1) is 13.8 Å². The fourth-order valence-corrected chi connectivity index (χ4v) is 7.03. The van der Waals surface area contributed by atoms with Gasteiger partial charge in [-0.2, -0.15) is 13.2 Å². The van der Waals surface area contributed by atoms with Crippen LogP contribution >= 0.6 is 7.14 Å². The van der Waals surface area contributed by atoms with Gasteiger partial charge in [0.15, 0.2) is 0 Å². The molecular formula is C24H27F3N5O3P. The molecular weight excluding hydrogens is 494 g/mol. The summed E-state index contributed by atoms with van der Waals surface area (Å²) in [6.45, 7) is 6.88. The highest BCUT2D eigenvalue weighted by molar-refractivity contribution is 7.71. The highest BCUT2D eigenvalue weighted by Crippen LogP contribution is 2.47. The van der Waals surface area contributed by atoms with Crippen LogP contribution in [0.2, 0.25) is 0 Å². The van der Waals surface area contributed by atoms with Crippen molar-refractivity contribution >= 4 is 35.2 Å². The van der Waals surface area contributed by atoms with Crippen molar-refractivity contribution in [3.8, 4) is 5.88 Å². The molecule has 1 fully saturated rings. The first-order chi connectivity index (χ1) is 16.8. The number of fused-ring (bicyclic) bond motifs is 1. The minimum absolute atomic E-state index is 0.0928. The van der Waals surface area contributed by atoms with Crippen LogP contribution in [0.1, 0.15) is 42.4 Å². The number of aromatic hydroxyl groups is 1. The average Bonchev–Trinajstić information content (AvgIpc) is 2.79. The van der Waals surface area contributed by atoms with Crippen molar-refractivity contribution in [2.45, 2.75) is 39.9 Å². The predicted octanol–water partition coefficient (Wildman–Crippen LogP) is 4.39. The number of pyridine rings is 1. The predicted molar refractivity (Wildman–Crippen MR) is 131 cm³/mol. The van der Waals surface area contributed by atoms with Gasteiger partial charge in [-0.1, -0.05) is 12.1 Å². The summed E-state index contributed by atoms with van der Waals surface area (Å²) < 4.78 is 54.0. The van der Waals surface area contributed by atoms with Crippen LogP contribution in [0.3, 0.4) is 0 Å². The van der Waals surface area contributed by atoms with Gasteiger partial charge in [0.2, 0.25) is 11.8 Å². The maximum absolute atomic E-state index is 13.7.